The summed E-state index contributed by atoms with van der Waals surface area (Å²) in [6.45, 7) is 2.65. The summed E-state index contributed by atoms with van der Waals surface area (Å²) in [5, 5.41) is 9.27. The van der Waals surface area contributed by atoms with Gasteiger partial charge in [-0.15, -0.1) is 0 Å². The molecular formula is C9H13NO2. The molecule has 2 N–H and O–H groups in total. The largest absolute Gasteiger partial charge is 0.506 e. The van der Waals surface area contributed by atoms with Crippen molar-refractivity contribution < 1.29 is 9.94 Å². The van der Waals surface area contributed by atoms with Gasteiger partial charge >= 0.3 is 0 Å². The molecule has 1 aromatic carbocycles. The van der Waals surface area contributed by atoms with Gasteiger partial charge < -0.3 is 5.11 Å². The Balaban J connectivity index is 2.46. The van der Waals surface area contributed by atoms with Gasteiger partial charge in [0.05, 0.1) is 6.61 Å². The van der Waals surface area contributed by atoms with Crippen LogP contribution in [0.1, 0.15) is 13.3 Å². The van der Waals surface area contributed by atoms with Gasteiger partial charge in [-0.2, -0.15) is 0 Å². The van der Waals surface area contributed by atoms with Crippen LogP contribution in [-0.4, -0.2) is 11.7 Å². The Hall–Kier alpha value is -1.22. The first-order valence-corrected chi connectivity index (χ1v) is 4.00. The van der Waals surface area contributed by atoms with Crippen molar-refractivity contribution in [3.8, 4) is 5.75 Å². The van der Waals surface area contributed by atoms with E-state index >= 15 is 0 Å². The molecule has 0 saturated carbocycles. The van der Waals surface area contributed by atoms with E-state index in [2.05, 4.69) is 5.48 Å². The fourth-order valence-corrected chi connectivity index (χ4v) is 0.791. The van der Waals surface area contributed by atoms with Gasteiger partial charge in [0.2, 0.25) is 0 Å². The molecule has 1 aromatic rings. The zero-order valence-electron chi connectivity index (χ0n) is 7.08. The number of benzene rings is 1. The molecule has 3 heteroatoms. The molecule has 0 radical (unpaired) electrons. The van der Waals surface area contributed by atoms with Crippen molar-refractivity contribution in [3.05, 3.63) is 24.3 Å². The van der Waals surface area contributed by atoms with E-state index in [0.717, 1.165) is 6.42 Å². The molecule has 0 amide bonds. The number of phenolic OH excluding ortho intramolecular Hbond substituents is 1. The molecule has 0 spiro atoms. The molecule has 0 aromatic heterocycles. The Bertz CT molecular complexity index is 238. The highest BCUT2D eigenvalue weighted by Crippen LogP contribution is 2.21. The number of para-hydroxylation sites is 2. The van der Waals surface area contributed by atoms with E-state index in [1.165, 1.54) is 0 Å². The normalized spacial score (nSPS) is 9.75. The minimum absolute atomic E-state index is 0.202. The highest BCUT2D eigenvalue weighted by atomic mass is 16.6. The first-order chi connectivity index (χ1) is 5.84. The van der Waals surface area contributed by atoms with Crippen molar-refractivity contribution in [2.45, 2.75) is 13.3 Å². The number of aromatic hydroxyl groups is 1. The molecule has 0 saturated heterocycles. The monoisotopic (exact) mass is 167 g/mol. The Morgan fingerprint density at radius 3 is 2.83 bits per heavy atom. The first-order valence-electron chi connectivity index (χ1n) is 4.00. The smallest absolute Gasteiger partial charge is 0.140 e. The SMILES string of the molecule is CCCONc1ccccc1O. The second kappa shape index (κ2) is 4.62. The molecular weight excluding hydrogens is 154 g/mol. The summed E-state index contributed by atoms with van der Waals surface area (Å²) in [6, 6.07) is 6.96. The van der Waals surface area contributed by atoms with Crippen LogP contribution < -0.4 is 5.48 Å². The molecule has 0 atom stereocenters. The lowest BCUT2D eigenvalue weighted by molar-refractivity contribution is 0.193. The Labute approximate surface area is 71.9 Å². The zero-order valence-corrected chi connectivity index (χ0v) is 7.08. The van der Waals surface area contributed by atoms with Gasteiger partial charge in [-0.3, -0.25) is 10.3 Å². The van der Waals surface area contributed by atoms with Crippen LogP contribution in [0.25, 0.3) is 0 Å². The summed E-state index contributed by atoms with van der Waals surface area (Å²) in [6.07, 6.45) is 0.945. The van der Waals surface area contributed by atoms with E-state index in [1.807, 2.05) is 13.0 Å². The van der Waals surface area contributed by atoms with Gasteiger partial charge in [0.1, 0.15) is 11.4 Å². The quantitative estimate of drug-likeness (QED) is 0.410. The number of rotatable bonds is 4. The maximum Gasteiger partial charge on any atom is 0.140 e. The predicted octanol–water partition coefficient (Wildman–Crippen LogP) is 2.15. The Morgan fingerprint density at radius 1 is 1.42 bits per heavy atom. The predicted molar refractivity (Wildman–Crippen MR) is 48.0 cm³/mol. The third kappa shape index (κ3) is 2.43. The molecule has 1 rings (SSSR count). The standard InChI is InChI=1S/C9H13NO2/c1-2-7-12-10-8-5-3-4-6-9(8)11/h3-6,10-11H,2,7H2,1H3. The lowest BCUT2D eigenvalue weighted by Gasteiger charge is -2.06. The fraction of sp³-hybridized carbons (Fsp3) is 0.333. The van der Waals surface area contributed by atoms with Gasteiger partial charge in [-0.05, 0) is 18.6 Å². The van der Waals surface area contributed by atoms with Crippen LogP contribution in [0.15, 0.2) is 24.3 Å². The molecule has 12 heavy (non-hydrogen) atoms. The average Bonchev–Trinajstić information content (AvgIpc) is 2.09. The van der Waals surface area contributed by atoms with Crippen LogP contribution in [0.4, 0.5) is 5.69 Å². The highest BCUT2D eigenvalue weighted by molar-refractivity contribution is 5.53. The Morgan fingerprint density at radius 2 is 2.17 bits per heavy atom. The van der Waals surface area contributed by atoms with Crippen LogP contribution >= 0.6 is 0 Å². The molecule has 66 valence electrons. The van der Waals surface area contributed by atoms with Crippen LogP contribution in [0.2, 0.25) is 0 Å². The topological polar surface area (TPSA) is 41.5 Å². The summed E-state index contributed by atoms with van der Waals surface area (Å²) in [4.78, 5) is 5.04. The van der Waals surface area contributed by atoms with E-state index < -0.39 is 0 Å². The number of hydrogen-bond donors (Lipinski definition) is 2. The molecule has 3 nitrogen and oxygen atoms in total. The fourth-order valence-electron chi connectivity index (χ4n) is 0.791. The maximum atomic E-state index is 9.27. The summed E-state index contributed by atoms with van der Waals surface area (Å²) in [5.41, 5.74) is 3.27. The van der Waals surface area contributed by atoms with Gasteiger partial charge in [0.25, 0.3) is 0 Å². The van der Waals surface area contributed by atoms with Gasteiger partial charge in [-0.1, -0.05) is 19.1 Å². The van der Waals surface area contributed by atoms with E-state index in [9.17, 15) is 5.11 Å². The third-order valence-corrected chi connectivity index (χ3v) is 1.39. The second-order valence-corrected chi connectivity index (χ2v) is 2.47. The first kappa shape index (κ1) is 8.87. The summed E-state index contributed by atoms with van der Waals surface area (Å²) >= 11 is 0. The number of phenols is 1. The molecule has 0 fully saturated rings. The van der Waals surface area contributed by atoms with E-state index in [0.29, 0.717) is 12.3 Å². The van der Waals surface area contributed by atoms with Crippen LogP contribution in [0.3, 0.4) is 0 Å². The van der Waals surface area contributed by atoms with Gasteiger partial charge in [0.15, 0.2) is 0 Å². The minimum atomic E-state index is 0.202. The van der Waals surface area contributed by atoms with Crippen molar-refractivity contribution in [2.24, 2.45) is 0 Å². The van der Waals surface area contributed by atoms with Gasteiger partial charge in [-0.25, -0.2) is 0 Å². The summed E-state index contributed by atoms with van der Waals surface area (Å²) < 4.78 is 0. The molecule has 0 aliphatic rings. The van der Waals surface area contributed by atoms with Crippen molar-refractivity contribution in [1.82, 2.24) is 0 Å². The van der Waals surface area contributed by atoms with Crippen LogP contribution in [-0.2, 0) is 4.84 Å². The lowest BCUT2D eigenvalue weighted by atomic mass is 10.3. The number of hydrogen-bond acceptors (Lipinski definition) is 3. The van der Waals surface area contributed by atoms with Gasteiger partial charge in [0, 0.05) is 0 Å². The lowest BCUT2D eigenvalue weighted by Crippen LogP contribution is -2.01. The Kier molecular flexibility index (Phi) is 3.41. The van der Waals surface area contributed by atoms with Crippen molar-refractivity contribution in [1.29, 1.82) is 0 Å². The van der Waals surface area contributed by atoms with Crippen molar-refractivity contribution in [3.63, 3.8) is 0 Å². The third-order valence-electron chi connectivity index (χ3n) is 1.39. The zero-order chi connectivity index (χ0) is 8.81. The average molecular weight is 167 g/mol. The van der Waals surface area contributed by atoms with Crippen molar-refractivity contribution in [2.75, 3.05) is 12.1 Å². The molecule has 0 heterocycles. The number of nitrogens with one attached hydrogen (secondary N) is 1. The van der Waals surface area contributed by atoms with Crippen LogP contribution in [0, 0.1) is 0 Å². The molecule has 0 aliphatic heterocycles. The summed E-state index contributed by atoms with van der Waals surface area (Å²) in [5.74, 6) is 0.202. The second-order valence-electron chi connectivity index (χ2n) is 2.47. The molecule has 0 aliphatic carbocycles. The highest BCUT2D eigenvalue weighted by Gasteiger charge is 1.96. The van der Waals surface area contributed by atoms with Crippen molar-refractivity contribution >= 4 is 5.69 Å². The van der Waals surface area contributed by atoms with Crippen LogP contribution in [0.5, 0.6) is 5.75 Å². The molecule has 0 unspecified atom stereocenters. The number of anilines is 1. The maximum absolute atomic E-state index is 9.27. The molecule has 0 bridgehead atoms. The minimum Gasteiger partial charge on any atom is -0.506 e. The van der Waals surface area contributed by atoms with E-state index in [-0.39, 0.29) is 5.75 Å². The van der Waals surface area contributed by atoms with E-state index in [1.54, 1.807) is 18.2 Å². The summed E-state index contributed by atoms with van der Waals surface area (Å²) in [7, 11) is 0. The van der Waals surface area contributed by atoms with E-state index in [4.69, 9.17) is 4.84 Å².